The van der Waals surface area contributed by atoms with Crippen LogP contribution in [0.1, 0.15) is 23.5 Å². The Morgan fingerprint density at radius 1 is 1.35 bits per heavy atom. The van der Waals surface area contributed by atoms with Crippen molar-refractivity contribution < 1.29 is 4.42 Å². The summed E-state index contributed by atoms with van der Waals surface area (Å²) in [6.07, 6.45) is 2.99. The van der Waals surface area contributed by atoms with Crippen LogP contribution in [0.4, 0.5) is 5.13 Å². The Morgan fingerprint density at radius 2 is 2.18 bits per heavy atom. The van der Waals surface area contributed by atoms with Crippen molar-refractivity contribution in [3.8, 4) is 0 Å². The van der Waals surface area contributed by atoms with Gasteiger partial charge in [0.25, 0.3) is 0 Å². The maximum atomic E-state index is 5.65. The van der Waals surface area contributed by atoms with Gasteiger partial charge in [-0.2, -0.15) is 11.8 Å². The van der Waals surface area contributed by atoms with Crippen LogP contribution >= 0.6 is 23.1 Å². The molecule has 2 aromatic heterocycles. The molecule has 0 bridgehead atoms. The fourth-order valence-corrected chi connectivity index (χ4v) is 2.48. The molecule has 17 heavy (non-hydrogen) atoms. The first-order chi connectivity index (χ1) is 8.31. The fourth-order valence-electron chi connectivity index (χ4n) is 1.37. The summed E-state index contributed by atoms with van der Waals surface area (Å²) < 4.78 is 5.65. The van der Waals surface area contributed by atoms with Gasteiger partial charge in [-0.25, -0.2) is 0 Å². The van der Waals surface area contributed by atoms with E-state index in [9.17, 15) is 0 Å². The maximum absolute atomic E-state index is 5.65. The second-order valence-electron chi connectivity index (χ2n) is 3.51. The van der Waals surface area contributed by atoms with Crippen molar-refractivity contribution in [3.05, 3.63) is 28.7 Å². The van der Waals surface area contributed by atoms with Crippen molar-refractivity contribution >= 4 is 28.2 Å². The van der Waals surface area contributed by atoms with Crippen molar-refractivity contribution in [3.63, 3.8) is 0 Å². The summed E-state index contributed by atoms with van der Waals surface area (Å²) in [5.41, 5.74) is 0. The lowest BCUT2D eigenvalue weighted by Gasteiger charge is -1.98. The topological polar surface area (TPSA) is 51.0 Å². The second kappa shape index (κ2) is 6.07. The number of rotatable bonds is 6. The number of nitrogens with zero attached hydrogens (tertiary/aromatic N) is 2. The Labute approximate surface area is 109 Å². The highest BCUT2D eigenvalue weighted by molar-refractivity contribution is 7.97. The molecule has 1 N–H and O–H groups in total. The van der Waals surface area contributed by atoms with Crippen LogP contribution in [-0.2, 0) is 18.7 Å². The lowest BCUT2D eigenvalue weighted by atomic mass is 10.4. The average Bonchev–Trinajstić information content (AvgIpc) is 2.95. The van der Waals surface area contributed by atoms with E-state index in [1.807, 2.05) is 12.1 Å². The second-order valence-corrected chi connectivity index (χ2v) is 5.44. The first-order valence-corrected chi connectivity index (χ1v) is 7.65. The molecule has 0 aromatic carbocycles. The third-order valence-corrected chi connectivity index (χ3v) is 3.79. The van der Waals surface area contributed by atoms with Crippen LogP contribution in [-0.4, -0.2) is 16.5 Å². The predicted molar refractivity (Wildman–Crippen MR) is 72.5 cm³/mol. The lowest BCUT2D eigenvalue weighted by molar-refractivity contribution is 0.487. The standard InChI is InChI=1S/C11H15N3OS2/c1-3-10-13-14-11(17-10)12-6-8-4-5-9(15-8)7-16-2/h4-5H,3,6-7H2,1-2H3,(H,12,14). The molecule has 0 saturated carbocycles. The normalized spacial score (nSPS) is 10.7. The monoisotopic (exact) mass is 269 g/mol. The van der Waals surface area contributed by atoms with Gasteiger partial charge >= 0.3 is 0 Å². The van der Waals surface area contributed by atoms with Crippen LogP contribution in [0.5, 0.6) is 0 Å². The number of aryl methyl sites for hydroxylation is 1. The van der Waals surface area contributed by atoms with Gasteiger partial charge in [-0.1, -0.05) is 18.3 Å². The number of hydrogen-bond acceptors (Lipinski definition) is 6. The Hall–Kier alpha value is -1.01. The zero-order valence-corrected chi connectivity index (χ0v) is 11.5. The summed E-state index contributed by atoms with van der Waals surface area (Å²) in [7, 11) is 0. The first kappa shape index (κ1) is 12.4. The van der Waals surface area contributed by atoms with Gasteiger partial charge in [0.05, 0.1) is 12.3 Å². The predicted octanol–water partition coefficient (Wildman–Crippen LogP) is 3.17. The van der Waals surface area contributed by atoms with E-state index in [2.05, 4.69) is 28.7 Å². The smallest absolute Gasteiger partial charge is 0.206 e. The van der Waals surface area contributed by atoms with Crippen LogP contribution in [0.15, 0.2) is 16.5 Å². The molecule has 0 aliphatic rings. The first-order valence-electron chi connectivity index (χ1n) is 5.44. The minimum atomic E-state index is 0.659. The molecule has 6 heteroatoms. The molecule has 2 heterocycles. The van der Waals surface area contributed by atoms with Crippen LogP contribution in [0.25, 0.3) is 0 Å². The molecular weight excluding hydrogens is 254 g/mol. The molecule has 0 aliphatic carbocycles. The summed E-state index contributed by atoms with van der Waals surface area (Å²) in [6, 6.07) is 4.02. The Morgan fingerprint density at radius 3 is 2.88 bits per heavy atom. The van der Waals surface area contributed by atoms with Crippen LogP contribution < -0.4 is 5.32 Å². The highest BCUT2D eigenvalue weighted by atomic mass is 32.2. The third-order valence-electron chi connectivity index (χ3n) is 2.19. The molecule has 0 fully saturated rings. The molecular formula is C11H15N3OS2. The van der Waals surface area contributed by atoms with Crippen molar-refractivity contribution in [2.45, 2.75) is 25.6 Å². The van der Waals surface area contributed by atoms with Crippen molar-refractivity contribution in [2.24, 2.45) is 0 Å². The van der Waals surface area contributed by atoms with Gasteiger partial charge in [0, 0.05) is 0 Å². The molecule has 0 aliphatic heterocycles. The molecule has 2 aromatic rings. The van der Waals surface area contributed by atoms with Crippen molar-refractivity contribution in [2.75, 3.05) is 11.6 Å². The van der Waals surface area contributed by atoms with E-state index >= 15 is 0 Å². The molecule has 2 rings (SSSR count). The third kappa shape index (κ3) is 3.47. The van der Waals surface area contributed by atoms with Crippen molar-refractivity contribution in [1.29, 1.82) is 0 Å². The van der Waals surface area contributed by atoms with Gasteiger partial charge in [0.15, 0.2) is 0 Å². The molecule has 0 saturated heterocycles. The van der Waals surface area contributed by atoms with Gasteiger partial charge in [-0.3, -0.25) is 0 Å². The van der Waals surface area contributed by atoms with Crippen LogP contribution in [0.3, 0.4) is 0 Å². The van der Waals surface area contributed by atoms with Crippen LogP contribution in [0.2, 0.25) is 0 Å². The minimum absolute atomic E-state index is 0.659. The summed E-state index contributed by atoms with van der Waals surface area (Å²) in [5.74, 6) is 2.86. The van der Waals surface area contributed by atoms with E-state index in [0.29, 0.717) is 6.54 Å². The number of nitrogens with one attached hydrogen (secondary N) is 1. The zero-order valence-electron chi connectivity index (χ0n) is 9.90. The molecule has 0 spiro atoms. The summed E-state index contributed by atoms with van der Waals surface area (Å²) in [5, 5.41) is 13.2. The van der Waals surface area contributed by atoms with Gasteiger partial charge < -0.3 is 9.73 Å². The van der Waals surface area contributed by atoms with Crippen LogP contribution in [0, 0.1) is 0 Å². The highest BCUT2D eigenvalue weighted by Crippen LogP contribution is 2.18. The van der Waals surface area contributed by atoms with Gasteiger partial charge in [-0.15, -0.1) is 10.2 Å². The van der Waals surface area contributed by atoms with E-state index in [1.54, 1.807) is 23.1 Å². The van der Waals surface area contributed by atoms with E-state index in [0.717, 1.165) is 33.8 Å². The average molecular weight is 269 g/mol. The van der Waals surface area contributed by atoms with Gasteiger partial charge in [-0.05, 0) is 24.8 Å². The highest BCUT2D eigenvalue weighted by Gasteiger charge is 2.04. The lowest BCUT2D eigenvalue weighted by Crippen LogP contribution is -1.97. The Balaban J connectivity index is 1.88. The van der Waals surface area contributed by atoms with E-state index in [-0.39, 0.29) is 0 Å². The number of aromatic nitrogens is 2. The molecule has 4 nitrogen and oxygen atoms in total. The fraction of sp³-hybridized carbons (Fsp3) is 0.455. The van der Waals surface area contributed by atoms with Crippen molar-refractivity contribution in [1.82, 2.24) is 10.2 Å². The van der Waals surface area contributed by atoms with E-state index in [4.69, 9.17) is 4.42 Å². The van der Waals surface area contributed by atoms with E-state index < -0.39 is 0 Å². The summed E-state index contributed by atoms with van der Waals surface area (Å²) >= 11 is 3.34. The largest absolute Gasteiger partial charge is 0.463 e. The molecule has 0 atom stereocenters. The summed E-state index contributed by atoms with van der Waals surface area (Å²) in [4.78, 5) is 0. The molecule has 0 unspecified atom stereocenters. The number of hydrogen-bond donors (Lipinski definition) is 1. The summed E-state index contributed by atoms with van der Waals surface area (Å²) in [6.45, 7) is 2.73. The number of thioether (sulfide) groups is 1. The Kier molecular flexibility index (Phi) is 4.44. The maximum Gasteiger partial charge on any atom is 0.206 e. The minimum Gasteiger partial charge on any atom is -0.463 e. The van der Waals surface area contributed by atoms with Gasteiger partial charge in [0.1, 0.15) is 16.5 Å². The zero-order chi connectivity index (χ0) is 12.1. The quantitative estimate of drug-likeness (QED) is 0.873. The van der Waals surface area contributed by atoms with E-state index in [1.165, 1.54) is 0 Å². The molecule has 92 valence electrons. The Bertz CT molecular complexity index is 467. The van der Waals surface area contributed by atoms with Gasteiger partial charge in [0.2, 0.25) is 5.13 Å². The number of anilines is 1. The molecule has 0 amide bonds. The SMILES string of the molecule is CCc1nnc(NCc2ccc(CSC)o2)s1. The number of furan rings is 1. The molecule has 0 radical (unpaired) electrons.